The van der Waals surface area contributed by atoms with Gasteiger partial charge in [0.1, 0.15) is 5.82 Å². The van der Waals surface area contributed by atoms with E-state index < -0.39 is 0 Å². The summed E-state index contributed by atoms with van der Waals surface area (Å²) in [6.45, 7) is 5.04. The first-order valence-electron chi connectivity index (χ1n) is 7.64. The largest absolute Gasteiger partial charge is 0.369 e. The fraction of sp³-hybridized carbons (Fsp3) is 0.353. The van der Waals surface area contributed by atoms with Gasteiger partial charge in [0.15, 0.2) is 5.82 Å². The Morgan fingerprint density at radius 3 is 2.32 bits per heavy atom. The Balaban J connectivity index is 1.88. The van der Waals surface area contributed by atoms with E-state index in [1.165, 1.54) is 12.8 Å². The minimum absolute atomic E-state index is 0.182. The fourth-order valence-corrected chi connectivity index (χ4v) is 1.98. The number of benzene rings is 1. The number of carbonyl (C=O) groups is 1. The molecule has 0 saturated heterocycles. The molecule has 0 spiro atoms. The van der Waals surface area contributed by atoms with Gasteiger partial charge in [0, 0.05) is 12.1 Å². The highest BCUT2D eigenvalue weighted by Crippen LogP contribution is 2.09. The summed E-state index contributed by atoms with van der Waals surface area (Å²) < 4.78 is 0. The Morgan fingerprint density at radius 1 is 1.00 bits per heavy atom. The number of nitrogens with one attached hydrogen (secondary N) is 2. The number of hydrogen-bond acceptors (Lipinski definition) is 4. The summed E-state index contributed by atoms with van der Waals surface area (Å²) in [5, 5.41) is 14.0. The fourth-order valence-electron chi connectivity index (χ4n) is 1.98. The third-order valence-electron chi connectivity index (χ3n) is 3.31. The molecular formula is C17H22N4O. The number of hydrogen-bond donors (Lipinski definition) is 2. The van der Waals surface area contributed by atoms with E-state index in [1.54, 1.807) is 18.2 Å². The predicted octanol–water partition coefficient (Wildman–Crippen LogP) is 3.64. The maximum atomic E-state index is 12.1. The maximum Gasteiger partial charge on any atom is 0.256 e. The van der Waals surface area contributed by atoms with Crippen LogP contribution in [0, 0.1) is 6.92 Å². The highest BCUT2D eigenvalue weighted by Gasteiger charge is 2.06. The van der Waals surface area contributed by atoms with Crippen molar-refractivity contribution in [1.82, 2.24) is 10.2 Å². The highest BCUT2D eigenvalue weighted by molar-refractivity contribution is 6.03. The van der Waals surface area contributed by atoms with Crippen LogP contribution in [-0.2, 0) is 0 Å². The first-order valence-corrected chi connectivity index (χ1v) is 7.64. The van der Waals surface area contributed by atoms with Crippen molar-refractivity contribution >= 4 is 17.5 Å². The van der Waals surface area contributed by atoms with Gasteiger partial charge in [0.05, 0.1) is 0 Å². The minimum Gasteiger partial charge on any atom is -0.369 e. The lowest BCUT2D eigenvalue weighted by Crippen LogP contribution is -2.13. The SMILES string of the molecule is CCCCCNc1ccc(NC(=O)c2ccc(C)cc2)nn1. The zero-order chi connectivity index (χ0) is 15.8. The van der Waals surface area contributed by atoms with Gasteiger partial charge in [-0.1, -0.05) is 37.5 Å². The molecule has 5 nitrogen and oxygen atoms in total. The lowest BCUT2D eigenvalue weighted by molar-refractivity contribution is 0.102. The monoisotopic (exact) mass is 298 g/mol. The van der Waals surface area contributed by atoms with Crippen molar-refractivity contribution in [2.75, 3.05) is 17.2 Å². The second kappa shape index (κ2) is 8.12. The van der Waals surface area contributed by atoms with Gasteiger partial charge in [-0.05, 0) is 37.6 Å². The average molecular weight is 298 g/mol. The van der Waals surface area contributed by atoms with E-state index in [4.69, 9.17) is 0 Å². The molecule has 1 aromatic heterocycles. The number of amides is 1. The summed E-state index contributed by atoms with van der Waals surface area (Å²) >= 11 is 0. The number of carbonyl (C=O) groups excluding carboxylic acids is 1. The molecule has 0 unspecified atom stereocenters. The normalized spacial score (nSPS) is 10.3. The van der Waals surface area contributed by atoms with Gasteiger partial charge in [-0.25, -0.2) is 0 Å². The number of aryl methyl sites for hydroxylation is 1. The Kier molecular flexibility index (Phi) is 5.89. The van der Waals surface area contributed by atoms with Crippen molar-refractivity contribution in [3.8, 4) is 0 Å². The molecule has 116 valence electrons. The summed E-state index contributed by atoms with van der Waals surface area (Å²) in [6, 6.07) is 11.0. The molecule has 22 heavy (non-hydrogen) atoms. The molecule has 0 aliphatic rings. The Hall–Kier alpha value is -2.43. The van der Waals surface area contributed by atoms with E-state index in [2.05, 4.69) is 27.8 Å². The van der Waals surface area contributed by atoms with Crippen molar-refractivity contribution in [1.29, 1.82) is 0 Å². The minimum atomic E-state index is -0.182. The molecule has 0 aliphatic carbocycles. The van der Waals surface area contributed by atoms with Gasteiger partial charge in [-0.2, -0.15) is 0 Å². The Morgan fingerprint density at radius 2 is 1.68 bits per heavy atom. The van der Waals surface area contributed by atoms with Crippen LogP contribution >= 0.6 is 0 Å². The lowest BCUT2D eigenvalue weighted by Gasteiger charge is -2.06. The van der Waals surface area contributed by atoms with Crippen LogP contribution in [0.15, 0.2) is 36.4 Å². The van der Waals surface area contributed by atoms with Crippen LogP contribution in [0.2, 0.25) is 0 Å². The van der Waals surface area contributed by atoms with Crippen molar-refractivity contribution in [3.63, 3.8) is 0 Å². The van der Waals surface area contributed by atoms with E-state index in [0.717, 1.165) is 24.3 Å². The molecular weight excluding hydrogens is 276 g/mol. The van der Waals surface area contributed by atoms with Crippen LogP contribution in [0.1, 0.15) is 42.1 Å². The van der Waals surface area contributed by atoms with Gasteiger partial charge >= 0.3 is 0 Å². The quantitative estimate of drug-likeness (QED) is 0.766. The van der Waals surface area contributed by atoms with Crippen LogP contribution in [0.4, 0.5) is 11.6 Å². The first-order chi connectivity index (χ1) is 10.7. The van der Waals surface area contributed by atoms with E-state index in [9.17, 15) is 4.79 Å². The van der Waals surface area contributed by atoms with Gasteiger partial charge in [0.25, 0.3) is 5.91 Å². The van der Waals surface area contributed by atoms with E-state index in [1.807, 2.05) is 25.1 Å². The number of rotatable bonds is 7. The van der Waals surface area contributed by atoms with Crippen molar-refractivity contribution in [2.24, 2.45) is 0 Å². The number of unbranched alkanes of at least 4 members (excludes halogenated alkanes) is 2. The van der Waals surface area contributed by atoms with Crippen LogP contribution in [0.5, 0.6) is 0 Å². The molecule has 0 radical (unpaired) electrons. The van der Waals surface area contributed by atoms with Gasteiger partial charge in [-0.15, -0.1) is 10.2 Å². The van der Waals surface area contributed by atoms with Gasteiger partial charge < -0.3 is 10.6 Å². The number of aromatic nitrogens is 2. The summed E-state index contributed by atoms with van der Waals surface area (Å²) in [6.07, 6.45) is 3.51. The standard InChI is InChI=1S/C17H22N4O/c1-3-4-5-12-18-15-10-11-16(21-20-15)19-17(22)14-8-6-13(2)7-9-14/h6-11H,3-5,12H2,1-2H3,(H,18,20)(H,19,21,22). The molecule has 5 heteroatoms. The molecule has 0 aliphatic heterocycles. The predicted molar refractivity (Wildman–Crippen MR) is 89.2 cm³/mol. The van der Waals surface area contributed by atoms with Crippen LogP contribution in [0.3, 0.4) is 0 Å². The zero-order valence-electron chi connectivity index (χ0n) is 13.1. The molecule has 2 rings (SSSR count). The van der Waals surface area contributed by atoms with Gasteiger partial charge in [0.2, 0.25) is 0 Å². The summed E-state index contributed by atoms with van der Waals surface area (Å²) in [7, 11) is 0. The summed E-state index contributed by atoms with van der Waals surface area (Å²) in [5.41, 5.74) is 1.73. The average Bonchev–Trinajstić information content (AvgIpc) is 2.54. The molecule has 2 aromatic rings. The molecule has 1 aromatic carbocycles. The highest BCUT2D eigenvalue weighted by atomic mass is 16.1. The summed E-state index contributed by atoms with van der Waals surface area (Å²) in [5.74, 6) is 0.993. The van der Waals surface area contributed by atoms with E-state index in [0.29, 0.717) is 11.4 Å². The van der Waals surface area contributed by atoms with Crippen LogP contribution < -0.4 is 10.6 Å². The van der Waals surface area contributed by atoms with Crippen molar-refractivity contribution in [2.45, 2.75) is 33.1 Å². The van der Waals surface area contributed by atoms with Crippen molar-refractivity contribution in [3.05, 3.63) is 47.5 Å². The lowest BCUT2D eigenvalue weighted by atomic mass is 10.1. The smallest absolute Gasteiger partial charge is 0.256 e. The Labute approximate surface area is 131 Å². The van der Waals surface area contributed by atoms with Crippen LogP contribution in [-0.4, -0.2) is 22.6 Å². The molecule has 0 saturated carbocycles. The van der Waals surface area contributed by atoms with E-state index >= 15 is 0 Å². The zero-order valence-corrected chi connectivity index (χ0v) is 13.1. The summed E-state index contributed by atoms with van der Waals surface area (Å²) in [4.78, 5) is 12.1. The third kappa shape index (κ3) is 4.84. The second-order valence-corrected chi connectivity index (χ2v) is 5.26. The molecule has 1 heterocycles. The van der Waals surface area contributed by atoms with Crippen molar-refractivity contribution < 1.29 is 4.79 Å². The topological polar surface area (TPSA) is 66.9 Å². The van der Waals surface area contributed by atoms with E-state index in [-0.39, 0.29) is 5.91 Å². The molecule has 2 N–H and O–H groups in total. The molecule has 0 bridgehead atoms. The number of nitrogens with zero attached hydrogens (tertiary/aromatic N) is 2. The van der Waals surface area contributed by atoms with Gasteiger partial charge in [-0.3, -0.25) is 4.79 Å². The van der Waals surface area contributed by atoms with Crippen LogP contribution in [0.25, 0.3) is 0 Å². The Bertz CT molecular complexity index is 593. The molecule has 0 atom stereocenters. The number of anilines is 2. The maximum absolute atomic E-state index is 12.1. The second-order valence-electron chi connectivity index (χ2n) is 5.26. The third-order valence-corrected chi connectivity index (χ3v) is 3.31. The first kappa shape index (κ1) is 15.9. The molecule has 1 amide bonds. The molecule has 0 fully saturated rings.